The summed E-state index contributed by atoms with van der Waals surface area (Å²) in [6, 6.07) is 11.5. The SMILES string of the molecule is CCSC1=NC2(CCN(C(=O)Nc3cc(Cl)ccc3OC)CC2)N=C1c1ccc(C)c(C)c1. The van der Waals surface area contributed by atoms with E-state index in [1.165, 1.54) is 11.1 Å². The van der Waals surface area contributed by atoms with E-state index in [2.05, 4.69) is 44.3 Å². The Morgan fingerprint density at radius 1 is 1.15 bits per heavy atom. The lowest BCUT2D eigenvalue weighted by atomic mass is 9.98. The summed E-state index contributed by atoms with van der Waals surface area (Å²) in [5, 5.41) is 4.47. The van der Waals surface area contributed by atoms with E-state index in [0.29, 0.717) is 42.4 Å². The maximum atomic E-state index is 12.9. The van der Waals surface area contributed by atoms with Gasteiger partial charge < -0.3 is 15.0 Å². The Morgan fingerprint density at radius 2 is 1.91 bits per heavy atom. The molecule has 0 unspecified atom stereocenters. The van der Waals surface area contributed by atoms with Gasteiger partial charge in [-0.2, -0.15) is 0 Å². The first-order valence-electron chi connectivity index (χ1n) is 11.1. The van der Waals surface area contributed by atoms with Gasteiger partial charge in [0.15, 0.2) is 5.66 Å². The van der Waals surface area contributed by atoms with E-state index < -0.39 is 5.66 Å². The van der Waals surface area contributed by atoms with E-state index in [-0.39, 0.29) is 6.03 Å². The van der Waals surface area contributed by atoms with Gasteiger partial charge in [0.1, 0.15) is 10.8 Å². The Kier molecular flexibility index (Phi) is 7.00. The van der Waals surface area contributed by atoms with Crippen molar-refractivity contribution < 1.29 is 9.53 Å². The fourth-order valence-electron chi connectivity index (χ4n) is 4.10. The van der Waals surface area contributed by atoms with Crippen molar-refractivity contribution in [3.63, 3.8) is 0 Å². The largest absolute Gasteiger partial charge is 0.495 e. The molecule has 1 saturated heterocycles. The van der Waals surface area contributed by atoms with Gasteiger partial charge >= 0.3 is 6.03 Å². The third-order valence-corrected chi connectivity index (χ3v) is 7.23. The van der Waals surface area contributed by atoms with E-state index in [1.807, 2.05) is 0 Å². The Labute approximate surface area is 204 Å². The molecule has 8 heteroatoms. The van der Waals surface area contributed by atoms with Crippen LogP contribution in [0, 0.1) is 13.8 Å². The fourth-order valence-corrected chi connectivity index (χ4v) is 5.08. The molecule has 6 nitrogen and oxygen atoms in total. The van der Waals surface area contributed by atoms with E-state index in [9.17, 15) is 4.79 Å². The number of thioether (sulfide) groups is 1. The maximum absolute atomic E-state index is 12.9. The highest BCUT2D eigenvalue weighted by Crippen LogP contribution is 2.36. The summed E-state index contributed by atoms with van der Waals surface area (Å²) in [5.41, 5.74) is 4.68. The minimum atomic E-state index is -0.490. The molecule has 174 valence electrons. The average molecular weight is 485 g/mol. The van der Waals surface area contributed by atoms with Crippen LogP contribution in [-0.2, 0) is 0 Å². The van der Waals surface area contributed by atoms with Crippen molar-refractivity contribution >= 4 is 45.8 Å². The van der Waals surface area contributed by atoms with Crippen LogP contribution in [0.1, 0.15) is 36.5 Å². The standard InChI is InChI=1S/C25H29ClN4O2S/c1-5-33-23-22(18-7-6-16(2)17(3)14-18)28-25(29-23)10-12-30(13-11-25)24(31)27-20-15-19(26)8-9-21(20)32-4/h6-9,14-15H,5,10-13H2,1-4H3,(H,27,31). The minimum Gasteiger partial charge on any atom is -0.495 e. The molecule has 1 spiro atoms. The number of piperidine rings is 1. The van der Waals surface area contributed by atoms with Crippen molar-refractivity contribution in [2.24, 2.45) is 9.98 Å². The molecule has 33 heavy (non-hydrogen) atoms. The first-order valence-corrected chi connectivity index (χ1v) is 12.5. The third-order valence-electron chi connectivity index (χ3n) is 6.15. The number of hydrogen-bond donors (Lipinski definition) is 1. The number of methoxy groups -OCH3 is 1. The van der Waals surface area contributed by atoms with Gasteiger partial charge in [-0.3, -0.25) is 4.99 Å². The zero-order valence-corrected chi connectivity index (χ0v) is 21.0. The molecular weight excluding hydrogens is 456 g/mol. The van der Waals surface area contributed by atoms with Gasteiger partial charge in [0.05, 0.1) is 18.5 Å². The van der Waals surface area contributed by atoms with Crippen LogP contribution in [0.4, 0.5) is 10.5 Å². The van der Waals surface area contributed by atoms with Crippen molar-refractivity contribution in [3.05, 3.63) is 58.1 Å². The molecule has 2 amide bonds. The maximum Gasteiger partial charge on any atom is 0.321 e. The Bertz CT molecular complexity index is 1120. The summed E-state index contributed by atoms with van der Waals surface area (Å²) in [7, 11) is 1.57. The Morgan fingerprint density at radius 3 is 2.58 bits per heavy atom. The number of nitrogens with zero attached hydrogens (tertiary/aromatic N) is 3. The topological polar surface area (TPSA) is 66.3 Å². The molecule has 2 aliphatic heterocycles. The van der Waals surface area contributed by atoms with Gasteiger partial charge in [-0.25, -0.2) is 9.79 Å². The van der Waals surface area contributed by atoms with Gasteiger partial charge in [0, 0.05) is 36.5 Å². The summed E-state index contributed by atoms with van der Waals surface area (Å²) in [4.78, 5) is 24.9. The summed E-state index contributed by atoms with van der Waals surface area (Å²) in [5.74, 6) is 1.51. The second kappa shape index (κ2) is 9.77. The molecule has 0 atom stereocenters. The summed E-state index contributed by atoms with van der Waals surface area (Å²) < 4.78 is 5.34. The number of halogens is 1. The number of urea groups is 1. The predicted molar refractivity (Wildman–Crippen MR) is 139 cm³/mol. The molecule has 1 N–H and O–H groups in total. The highest BCUT2D eigenvalue weighted by Gasteiger charge is 2.40. The van der Waals surface area contributed by atoms with E-state index in [0.717, 1.165) is 22.1 Å². The quantitative estimate of drug-likeness (QED) is 0.583. The molecule has 0 radical (unpaired) electrons. The Hall–Kier alpha value is -2.51. The molecular formula is C25H29ClN4O2S. The van der Waals surface area contributed by atoms with Gasteiger partial charge in [-0.1, -0.05) is 30.7 Å². The molecule has 2 aromatic carbocycles. The smallest absolute Gasteiger partial charge is 0.321 e. The molecule has 0 aliphatic carbocycles. The van der Waals surface area contributed by atoms with E-state index >= 15 is 0 Å². The number of aliphatic imine (C=N–C) groups is 2. The lowest BCUT2D eigenvalue weighted by Crippen LogP contribution is -2.46. The first-order chi connectivity index (χ1) is 15.8. The minimum absolute atomic E-state index is 0.172. The molecule has 0 aromatic heterocycles. The number of hydrogen-bond acceptors (Lipinski definition) is 5. The number of nitrogens with one attached hydrogen (secondary N) is 1. The van der Waals surface area contributed by atoms with Crippen molar-refractivity contribution in [2.75, 3.05) is 31.3 Å². The van der Waals surface area contributed by atoms with Crippen molar-refractivity contribution in [2.45, 2.75) is 39.3 Å². The van der Waals surface area contributed by atoms with E-state index in [4.69, 9.17) is 26.3 Å². The van der Waals surface area contributed by atoms with Crippen LogP contribution >= 0.6 is 23.4 Å². The summed E-state index contributed by atoms with van der Waals surface area (Å²) >= 11 is 7.83. The van der Waals surface area contributed by atoms with Crippen LogP contribution in [0.5, 0.6) is 5.75 Å². The average Bonchev–Trinajstić information content (AvgIpc) is 3.14. The number of carbonyl (C=O) groups excluding carboxylic acids is 1. The van der Waals surface area contributed by atoms with Gasteiger partial charge in [-0.15, -0.1) is 11.8 Å². The number of anilines is 1. The summed E-state index contributed by atoms with van der Waals surface area (Å²) in [6.07, 6.45) is 1.38. The lowest BCUT2D eigenvalue weighted by molar-refractivity contribution is 0.175. The third kappa shape index (κ3) is 5.04. The van der Waals surface area contributed by atoms with Crippen LogP contribution in [0.3, 0.4) is 0 Å². The predicted octanol–water partition coefficient (Wildman–Crippen LogP) is 5.94. The zero-order chi connectivity index (χ0) is 23.6. The van der Waals surface area contributed by atoms with Crippen LogP contribution in [0.25, 0.3) is 0 Å². The van der Waals surface area contributed by atoms with Gasteiger partial charge in [0.25, 0.3) is 0 Å². The number of amides is 2. The monoisotopic (exact) mass is 484 g/mol. The summed E-state index contributed by atoms with van der Waals surface area (Å²) in [6.45, 7) is 7.53. The highest BCUT2D eigenvalue weighted by molar-refractivity contribution is 8.15. The number of benzene rings is 2. The highest BCUT2D eigenvalue weighted by atomic mass is 35.5. The van der Waals surface area contributed by atoms with Crippen LogP contribution < -0.4 is 10.1 Å². The van der Waals surface area contributed by atoms with Gasteiger partial charge in [0.2, 0.25) is 0 Å². The second-order valence-corrected chi connectivity index (χ2v) is 10.0. The number of rotatable bonds is 4. The number of aryl methyl sites for hydroxylation is 2. The number of likely N-dealkylation sites (tertiary alicyclic amines) is 1. The molecule has 2 aliphatic rings. The van der Waals surface area contributed by atoms with Crippen LogP contribution in [-0.4, -0.2) is 53.3 Å². The molecule has 4 rings (SSSR count). The fraction of sp³-hybridized carbons (Fsp3) is 0.400. The first kappa shape index (κ1) is 23.6. The van der Waals surface area contributed by atoms with E-state index in [1.54, 1.807) is 42.0 Å². The lowest BCUT2D eigenvalue weighted by Gasteiger charge is -2.35. The molecule has 2 aromatic rings. The van der Waals surface area contributed by atoms with Crippen LogP contribution in [0.15, 0.2) is 46.4 Å². The molecule has 0 saturated carbocycles. The Balaban J connectivity index is 1.49. The van der Waals surface area contributed by atoms with Crippen molar-refractivity contribution in [1.29, 1.82) is 0 Å². The van der Waals surface area contributed by atoms with Crippen LogP contribution in [0.2, 0.25) is 5.02 Å². The number of carbonyl (C=O) groups is 1. The van der Waals surface area contributed by atoms with Crippen molar-refractivity contribution in [1.82, 2.24) is 4.90 Å². The van der Waals surface area contributed by atoms with Crippen molar-refractivity contribution in [3.8, 4) is 5.75 Å². The second-order valence-electron chi connectivity index (χ2n) is 8.35. The normalized spacial score (nSPS) is 17.1. The number of ether oxygens (including phenoxy) is 1. The molecule has 2 heterocycles. The molecule has 1 fully saturated rings. The molecule has 0 bridgehead atoms. The van der Waals surface area contributed by atoms with Gasteiger partial charge in [-0.05, 0) is 55.0 Å². The zero-order valence-electron chi connectivity index (χ0n) is 19.4.